The number of benzene rings is 1. The van der Waals surface area contributed by atoms with Crippen molar-refractivity contribution in [1.29, 1.82) is 0 Å². The first kappa shape index (κ1) is 11.0. The smallest absolute Gasteiger partial charge is 0.110 e. The summed E-state index contributed by atoms with van der Waals surface area (Å²) in [4.78, 5) is 0. The van der Waals surface area contributed by atoms with Crippen LogP contribution in [0.1, 0.15) is 5.56 Å². The SMILES string of the molecule is CP(C)(=O)c1ccc(Br)cc1CO. The fourth-order valence-electron chi connectivity index (χ4n) is 1.21. The number of halogens is 1. The Balaban J connectivity index is 3.30. The van der Waals surface area contributed by atoms with E-state index in [-0.39, 0.29) is 6.61 Å². The number of aliphatic hydroxyl groups excluding tert-OH is 1. The van der Waals surface area contributed by atoms with Crippen molar-refractivity contribution in [2.45, 2.75) is 6.61 Å². The minimum Gasteiger partial charge on any atom is -0.392 e. The molecule has 0 unspecified atom stereocenters. The molecule has 0 atom stereocenters. The molecule has 1 N–H and O–H groups in total. The van der Waals surface area contributed by atoms with Gasteiger partial charge in [-0.05, 0) is 31.0 Å². The number of rotatable bonds is 2. The van der Waals surface area contributed by atoms with Gasteiger partial charge in [0.2, 0.25) is 0 Å². The van der Waals surface area contributed by atoms with Crippen LogP contribution in [0.5, 0.6) is 0 Å². The zero-order valence-corrected chi connectivity index (χ0v) is 10.1. The predicted octanol–water partition coefficient (Wildman–Crippen LogP) is 2.19. The van der Waals surface area contributed by atoms with Gasteiger partial charge in [0, 0.05) is 9.78 Å². The minimum absolute atomic E-state index is 0.0690. The van der Waals surface area contributed by atoms with E-state index in [4.69, 9.17) is 5.11 Å². The number of hydrogen-bond acceptors (Lipinski definition) is 2. The molecular weight excluding hydrogens is 251 g/mol. The topological polar surface area (TPSA) is 37.3 Å². The lowest BCUT2D eigenvalue weighted by atomic mass is 10.2. The number of aliphatic hydroxyl groups is 1. The quantitative estimate of drug-likeness (QED) is 0.830. The molecule has 0 spiro atoms. The van der Waals surface area contributed by atoms with Crippen LogP contribution in [0.2, 0.25) is 0 Å². The van der Waals surface area contributed by atoms with Crippen LogP contribution in [0, 0.1) is 0 Å². The molecule has 0 aliphatic carbocycles. The maximum atomic E-state index is 11.8. The van der Waals surface area contributed by atoms with Gasteiger partial charge in [-0.15, -0.1) is 0 Å². The van der Waals surface area contributed by atoms with Gasteiger partial charge >= 0.3 is 0 Å². The maximum Gasteiger partial charge on any atom is 0.110 e. The van der Waals surface area contributed by atoms with E-state index in [9.17, 15) is 4.57 Å². The molecule has 2 nitrogen and oxygen atoms in total. The number of hydrogen-bond donors (Lipinski definition) is 1. The molecule has 0 amide bonds. The lowest BCUT2D eigenvalue weighted by Gasteiger charge is -2.11. The van der Waals surface area contributed by atoms with Gasteiger partial charge in [-0.1, -0.05) is 22.0 Å². The molecule has 4 heteroatoms. The molecule has 0 saturated heterocycles. The standard InChI is InChI=1S/C9H12BrO2P/c1-13(2,12)9-4-3-8(10)5-7(9)6-11/h3-5,11H,6H2,1-2H3. The highest BCUT2D eigenvalue weighted by atomic mass is 79.9. The molecule has 0 aromatic heterocycles. The third-order valence-electron chi connectivity index (χ3n) is 1.79. The van der Waals surface area contributed by atoms with Crippen LogP contribution in [0.25, 0.3) is 0 Å². The van der Waals surface area contributed by atoms with Gasteiger partial charge in [0.1, 0.15) is 7.14 Å². The van der Waals surface area contributed by atoms with E-state index >= 15 is 0 Å². The Morgan fingerprint density at radius 3 is 2.54 bits per heavy atom. The molecule has 0 bridgehead atoms. The van der Waals surface area contributed by atoms with Crippen molar-refractivity contribution in [3.05, 3.63) is 28.2 Å². The van der Waals surface area contributed by atoms with Crippen molar-refractivity contribution in [2.24, 2.45) is 0 Å². The van der Waals surface area contributed by atoms with E-state index in [1.807, 2.05) is 6.07 Å². The second-order valence-corrected chi connectivity index (χ2v) is 7.38. The molecule has 72 valence electrons. The summed E-state index contributed by atoms with van der Waals surface area (Å²) in [6, 6.07) is 5.44. The van der Waals surface area contributed by atoms with Crippen molar-refractivity contribution >= 4 is 28.4 Å². The molecule has 0 heterocycles. The Bertz CT molecular complexity index is 357. The Morgan fingerprint density at radius 2 is 2.08 bits per heavy atom. The maximum absolute atomic E-state index is 11.8. The van der Waals surface area contributed by atoms with Crippen LogP contribution < -0.4 is 5.30 Å². The summed E-state index contributed by atoms with van der Waals surface area (Å²) in [5.74, 6) is 0. The highest BCUT2D eigenvalue weighted by molar-refractivity contribution is 9.10. The summed E-state index contributed by atoms with van der Waals surface area (Å²) in [5, 5.41) is 9.83. The average molecular weight is 263 g/mol. The normalized spacial score (nSPS) is 11.7. The fraction of sp³-hybridized carbons (Fsp3) is 0.333. The molecule has 0 radical (unpaired) electrons. The molecule has 0 aliphatic rings. The Kier molecular flexibility index (Phi) is 3.33. The van der Waals surface area contributed by atoms with Gasteiger partial charge in [-0.2, -0.15) is 0 Å². The summed E-state index contributed by atoms with van der Waals surface area (Å²) in [6.45, 7) is 3.34. The Hall–Kier alpha value is -0.110. The summed E-state index contributed by atoms with van der Waals surface area (Å²) in [5.41, 5.74) is 0.739. The van der Waals surface area contributed by atoms with E-state index in [0.29, 0.717) is 0 Å². The highest BCUT2D eigenvalue weighted by Gasteiger charge is 2.15. The van der Waals surface area contributed by atoms with Gasteiger partial charge in [0.15, 0.2) is 0 Å². The molecule has 1 aromatic carbocycles. The van der Waals surface area contributed by atoms with Crippen molar-refractivity contribution in [3.63, 3.8) is 0 Å². The fourth-order valence-corrected chi connectivity index (χ4v) is 2.88. The second-order valence-electron chi connectivity index (χ2n) is 3.28. The molecule has 1 rings (SSSR count). The van der Waals surface area contributed by atoms with E-state index < -0.39 is 7.14 Å². The minimum atomic E-state index is -2.27. The second kappa shape index (κ2) is 3.95. The molecule has 0 saturated carbocycles. The lowest BCUT2D eigenvalue weighted by Crippen LogP contribution is -2.10. The van der Waals surface area contributed by atoms with Gasteiger partial charge in [0.05, 0.1) is 6.61 Å². The first-order valence-corrected chi connectivity index (χ1v) is 7.29. The first-order chi connectivity index (χ1) is 5.95. The van der Waals surface area contributed by atoms with Crippen LogP contribution in [-0.4, -0.2) is 18.4 Å². The van der Waals surface area contributed by atoms with Crippen molar-refractivity contribution in [2.75, 3.05) is 13.3 Å². The van der Waals surface area contributed by atoms with E-state index in [0.717, 1.165) is 15.3 Å². The average Bonchev–Trinajstić information content (AvgIpc) is 2.01. The predicted molar refractivity (Wildman–Crippen MR) is 59.2 cm³/mol. The van der Waals surface area contributed by atoms with Crippen LogP contribution in [0.4, 0.5) is 0 Å². The highest BCUT2D eigenvalue weighted by Crippen LogP contribution is 2.36. The summed E-state index contributed by atoms with van der Waals surface area (Å²) >= 11 is 3.30. The summed E-state index contributed by atoms with van der Waals surface area (Å²) in [7, 11) is -2.27. The van der Waals surface area contributed by atoms with Crippen molar-refractivity contribution in [3.8, 4) is 0 Å². The van der Waals surface area contributed by atoms with Crippen LogP contribution in [-0.2, 0) is 11.2 Å². The molecule has 0 aliphatic heterocycles. The van der Waals surface area contributed by atoms with E-state index in [2.05, 4.69) is 15.9 Å². The largest absolute Gasteiger partial charge is 0.392 e. The van der Waals surface area contributed by atoms with Crippen LogP contribution in [0.15, 0.2) is 22.7 Å². The summed E-state index contributed by atoms with van der Waals surface area (Å²) < 4.78 is 12.7. The lowest BCUT2D eigenvalue weighted by molar-refractivity contribution is 0.282. The van der Waals surface area contributed by atoms with Gasteiger partial charge < -0.3 is 9.67 Å². The van der Waals surface area contributed by atoms with Crippen molar-refractivity contribution in [1.82, 2.24) is 0 Å². The zero-order valence-electron chi connectivity index (χ0n) is 7.62. The van der Waals surface area contributed by atoms with E-state index in [1.165, 1.54) is 0 Å². The van der Waals surface area contributed by atoms with E-state index in [1.54, 1.807) is 25.5 Å². The Morgan fingerprint density at radius 1 is 1.46 bits per heavy atom. The zero-order chi connectivity index (χ0) is 10.1. The molecule has 13 heavy (non-hydrogen) atoms. The third kappa shape index (κ3) is 2.67. The Labute approximate surface area is 86.5 Å². The van der Waals surface area contributed by atoms with Gasteiger partial charge in [-0.3, -0.25) is 0 Å². The first-order valence-electron chi connectivity index (χ1n) is 3.90. The van der Waals surface area contributed by atoms with Crippen molar-refractivity contribution < 1.29 is 9.67 Å². The van der Waals surface area contributed by atoms with Gasteiger partial charge in [-0.25, -0.2) is 0 Å². The van der Waals surface area contributed by atoms with Crippen LogP contribution >= 0.6 is 23.1 Å². The summed E-state index contributed by atoms with van der Waals surface area (Å²) in [6.07, 6.45) is 0. The van der Waals surface area contributed by atoms with Crippen LogP contribution in [0.3, 0.4) is 0 Å². The molecule has 1 aromatic rings. The van der Waals surface area contributed by atoms with Gasteiger partial charge in [0.25, 0.3) is 0 Å². The third-order valence-corrected chi connectivity index (χ3v) is 3.88. The monoisotopic (exact) mass is 262 g/mol. The molecular formula is C9H12BrO2P. The molecule has 0 fully saturated rings.